The van der Waals surface area contributed by atoms with E-state index in [4.69, 9.17) is 0 Å². The van der Waals surface area contributed by atoms with Crippen LogP contribution < -0.4 is 16.2 Å². The van der Waals surface area contributed by atoms with Gasteiger partial charge in [0.25, 0.3) is 5.56 Å². The zero-order chi connectivity index (χ0) is 13.5. The predicted octanol–water partition coefficient (Wildman–Crippen LogP) is 1.80. The van der Waals surface area contributed by atoms with Gasteiger partial charge in [0.15, 0.2) is 0 Å². The van der Waals surface area contributed by atoms with Gasteiger partial charge in [-0.1, -0.05) is 25.7 Å². The molecule has 5 heteroatoms. The number of rotatable bonds is 5. The van der Waals surface area contributed by atoms with E-state index in [1.165, 1.54) is 44.6 Å². The van der Waals surface area contributed by atoms with Gasteiger partial charge in [-0.2, -0.15) is 0 Å². The molecule has 1 heterocycles. The standard InChI is InChI=1S/C14H24N4O/c1-11-17-13(10-14(19)18-11)16-9-8-15-12-6-4-2-3-5-7-12/h10,12,15H,2-9H2,1H3,(H2,16,17,18,19). The number of hydrogen-bond acceptors (Lipinski definition) is 4. The Kier molecular flexibility index (Phi) is 5.39. The highest BCUT2D eigenvalue weighted by Gasteiger charge is 2.10. The third kappa shape index (κ3) is 5.03. The van der Waals surface area contributed by atoms with Crippen molar-refractivity contribution in [2.24, 2.45) is 0 Å². The lowest BCUT2D eigenvalue weighted by atomic mass is 10.1. The average molecular weight is 264 g/mol. The lowest BCUT2D eigenvalue weighted by Crippen LogP contribution is -2.32. The first-order chi connectivity index (χ1) is 9.24. The summed E-state index contributed by atoms with van der Waals surface area (Å²) in [4.78, 5) is 18.2. The number of aromatic amines is 1. The highest BCUT2D eigenvalue weighted by Crippen LogP contribution is 2.16. The van der Waals surface area contributed by atoms with E-state index in [0.717, 1.165) is 13.1 Å². The second-order valence-electron chi connectivity index (χ2n) is 5.29. The molecule has 0 spiro atoms. The summed E-state index contributed by atoms with van der Waals surface area (Å²) in [5, 5.41) is 6.77. The summed E-state index contributed by atoms with van der Waals surface area (Å²) >= 11 is 0. The zero-order valence-electron chi connectivity index (χ0n) is 11.7. The van der Waals surface area contributed by atoms with Gasteiger partial charge in [0.2, 0.25) is 0 Å². The third-order valence-corrected chi connectivity index (χ3v) is 3.58. The van der Waals surface area contributed by atoms with Crippen molar-refractivity contribution in [3.8, 4) is 0 Å². The predicted molar refractivity (Wildman–Crippen MR) is 77.6 cm³/mol. The van der Waals surface area contributed by atoms with Crippen LogP contribution in [0, 0.1) is 6.92 Å². The van der Waals surface area contributed by atoms with E-state index in [9.17, 15) is 4.79 Å². The Balaban J connectivity index is 1.69. The first-order valence-corrected chi connectivity index (χ1v) is 7.29. The summed E-state index contributed by atoms with van der Waals surface area (Å²) in [6.07, 6.45) is 8.05. The molecular weight excluding hydrogens is 240 g/mol. The molecule has 0 atom stereocenters. The summed E-state index contributed by atoms with van der Waals surface area (Å²) in [6.45, 7) is 3.50. The van der Waals surface area contributed by atoms with E-state index in [0.29, 0.717) is 17.7 Å². The minimum Gasteiger partial charge on any atom is -0.369 e. The summed E-state index contributed by atoms with van der Waals surface area (Å²) in [5.41, 5.74) is -0.105. The van der Waals surface area contributed by atoms with Gasteiger partial charge in [0.1, 0.15) is 11.6 Å². The van der Waals surface area contributed by atoms with E-state index < -0.39 is 0 Å². The number of aromatic nitrogens is 2. The molecule has 2 rings (SSSR count). The van der Waals surface area contributed by atoms with Crippen molar-refractivity contribution in [2.75, 3.05) is 18.4 Å². The molecule has 1 aliphatic carbocycles. The number of anilines is 1. The molecule has 1 aromatic heterocycles. The van der Waals surface area contributed by atoms with Gasteiger partial charge in [-0.15, -0.1) is 0 Å². The Morgan fingerprint density at radius 3 is 2.68 bits per heavy atom. The normalized spacial score (nSPS) is 17.1. The average Bonchev–Trinajstić information content (AvgIpc) is 2.62. The van der Waals surface area contributed by atoms with Crippen molar-refractivity contribution in [1.82, 2.24) is 15.3 Å². The molecule has 1 fully saturated rings. The first-order valence-electron chi connectivity index (χ1n) is 7.29. The fourth-order valence-electron chi connectivity index (χ4n) is 2.62. The van der Waals surface area contributed by atoms with Crippen molar-refractivity contribution in [1.29, 1.82) is 0 Å². The molecule has 106 valence electrons. The molecule has 1 aliphatic rings. The maximum atomic E-state index is 11.3. The van der Waals surface area contributed by atoms with Crippen molar-refractivity contribution in [3.05, 3.63) is 22.2 Å². The molecule has 5 nitrogen and oxygen atoms in total. The van der Waals surface area contributed by atoms with Crippen LogP contribution in [0.2, 0.25) is 0 Å². The van der Waals surface area contributed by atoms with Crippen molar-refractivity contribution < 1.29 is 0 Å². The number of H-pyrrole nitrogens is 1. The zero-order valence-corrected chi connectivity index (χ0v) is 11.7. The molecule has 19 heavy (non-hydrogen) atoms. The Bertz CT molecular complexity index is 435. The number of nitrogens with zero attached hydrogens (tertiary/aromatic N) is 1. The van der Waals surface area contributed by atoms with Crippen LogP contribution in [-0.4, -0.2) is 29.1 Å². The first kappa shape index (κ1) is 14.1. The van der Waals surface area contributed by atoms with Crippen LogP contribution in [0.15, 0.2) is 10.9 Å². The SMILES string of the molecule is Cc1nc(NCCNC2CCCCCC2)cc(=O)[nH]1. The molecule has 0 amide bonds. The van der Waals surface area contributed by atoms with Crippen molar-refractivity contribution in [2.45, 2.75) is 51.5 Å². The molecule has 1 saturated carbocycles. The van der Waals surface area contributed by atoms with Gasteiger partial charge in [-0.3, -0.25) is 4.79 Å². The van der Waals surface area contributed by atoms with Crippen LogP contribution >= 0.6 is 0 Å². The Morgan fingerprint density at radius 1 is 1.26 bits per heavy atom. The van der Waals surface area contributed by atoms with Gasteiger partial charge in [-0.05, 0) is 19.8 Å². The van der Waals surface area contributed by atoms with Crippen LogP contribution in [0.4, 0.5) is 5.82 Å². The van der Waals surface area contributed by atoms with Gasteiger partial charge in [0, 0.05) is 25.2 Å². The molecule has 0 saturated heterocycles. The van der Waals surface area contributed by atoms with E-state index in [-0.39, 0.29) is 5.56 Å². The van der Waals surface area contributed by atoms with E-state index >= 15 is 0 Å². The third-order valence-electron chi connectivity index (χ3n) is 3.58. The molecule has 0 unspecified atom stereocenters. The van der Waals surface area contributed by atoms with Crippen molar-refractivity contribution >= 4 is 5.82 Å². The fraction of sp³-hybridized carbons (Fsp3) is 0.714. The maximum absolute atomic E-state index is 11.3. The maximum Gasteiger partial charge on any atom is 0.252 e. The Labute approximate surface area is 114 Å². The monoisotopic (exact) mass is 264 g/mol. The quantitative estimate of drug-likeness (QED) is 0.560. The molecule has 1 aromatic rings. The molecular formula is C14H24N4O. The smallest absolute Gasteiger partial charge is 0.252 e. The summed E-state index contributed by atoms with van der Waals surface area (Å²) in [7, 11) is 0. The van der Waals surface area contributed by atoms with Crippen LogP contribution in [0.1, 0.15) is 44.3 Å². The number of hydrogen-bond donors (Lipinski definition) is 3. The van der Waals surface area contributed by atoms with Crippen LogP contribution in [0.3, 0.4) is 0 Å². The Morgan fingerprint density at radius 2 is 2.00 bits per heavy atom. The summed E-state index contributed by atoms with van der Waals surface area (Å²) < 4.78 is 0. The van der Waals surface area contributed by atoms with Gasteiger partial charge in [0.05, 0.1) is 0 Å². The van der Waals surface area contributed by atoms with Gasteiger partial charge in [-0.25, -0.2) is 4.98 Å². The van der Waals surface area contributed by atoms with Crippen molar-refractivity contribution in [3.63, 3.8) is 0 Å². The second-order valence-corrected chi connectivity index (χ2v) is 5.29. The lowest BCUT2D eigenvalue weighted by Gasteiger charge is -2.16. The summed E-state index contributed by atoms with van der Waals surface area (Å²) in [6, 6.07) is 2.16. The molecule has 0 bridgehead atoms. The van der Waals surface area contributed by atoms with Crippen LogP contribution in [-0.2, 0) is 0 Å². The minimum absolute atomic E-state index is 0.105. The highest BCUT2D eigenvalue weighted by molar-refractivity contribution is 5.32. The van der Waals surface area contributed by atoms with E-state index in [1.54, 1.807) is 6.92 Å². The molecule has 0 radical (unpaired) electrons. The van der Waals surface area contributed by atoms with Gasteiger partial charge < -0.3 is 15.6 Å². The highest BCUT2D eigenvalue weighted by atomic mass is 16.1. The van der Waals surface area contributed by atoms with Crippen LogP contribution in [0.5, 0.6) is 0 Å². The van der Waals surface area contributed by atoms with Crippen LogP contribution in [0.25, 0.3) is 0 Å². The lowest BCUT2D eigenvalue weighted by molar-refractivity contribution is 0.468. The molecule has 0 aromatic carbocycles. The molecule has 0 aliphatic heterocycles. The number of aryl methyl sites for hydroxylation is 1. The molecule has 3 N–H and O–H groups in total. The Hall–Kier alpha value is -1.36. The topological polar surface area (TPSA) is 69.8 Å². The summed E-state index contributed by atoms with van der Waals surface area (Å²) in [5.74, 6) is 1.30. The van der Waals surface area contributed by atoms with Gasteiger partial charge >= 0.3 is 0 Å². The van der Waals surface area contributed by atoms with E-state index in [2.05, 4.69) is 20.6 Å². The number of nitrogens with one attached hydrogen (secondary N) is 3. The van der Waals surface area contributed by atoms with E-state index in [1.807, 2.05) is 0 Å². The fourth-order valence-corrected chi connectivity index (χ4v) is 2.62. The largest absolute Gasteiger partial charge is 0.369 e. The minimum atomic E-state index is -0.105. The second kappa shape index (κ2) is 7.28.